The maximum atomic E-state index is 13.8. The molecule has 4 aromatic rings. The van der Waals surface area contributed by atoms with E-state index < -0.39 is 34.4 Å². The first-order valence-corrected chi connectivity index (χ1v) is 15.3. The first-order valence-electron chi connectivity index (χ1n) is 12.1. The number of methoxy groups -OCH3 is 1. The molecule has 4 rings (SSSR count). The molecule has 2 aromatic carbocycles. The van der Waals surface area contributed by atoms with Gasteiger partial charge in [-0.3, -0.25) is 14.1 Å². The summed E-state index contributed by atoms with van der Waals surface area (Å²) >= 11 is 2.95. The van der Waals surface area contributed by atoms with Crippen molar-refractivity contribution in [2.45, 2.75) is 24.9 Å². The number of nitrogens with one attached hydrogen (secondary N) is 2. The van der Waals surface area contributed by atoms with Gasteiger partial charge < -0.3 is 10.1 Å². The predicted molar refractivity (Wildman–Crippen MR) is 155 cm³/mol. The number of rotatable bonds is 11. The van der Waals surface area contributed by atoms with Gasteiger partial charge in [-0.15, -0.1) is 22.7 Å². The Morgan fingerprint density at radius 1 is 1.05 bits per heavy atom. The molecular formula is C27H25N5O6S3. The summed E-state index contributed by atoms with van der Waals surface area (Å²) in [6.07, 6.45) is 1.13. The molecule has 11 nitrogen and oxygen atoms in total. The van der Waals surface area contributed by atoms with Crippen LogP contribution >= 0.6 is 22.7 Å². The molecule has 2 atom stereocenters. The molecule has 0 saturated heterocycles. The van der Waals surface area contributed by atoms with Crippen molar-refractivity contribution in [2.24, 2.45) is 0 Å². The van der Waals surface area contributed by atoms with Crippen molar-refractivity contribution in [2.75, 3.05) is 11.8 Å². The zero-order valence-electron chi connectivity index (χ0n) is 21.6. The Labute approximate surface area is 244 Å². The Kier molecular flexibility index (Phi) is 9.69. The van der Waals surface area contributed by atoms with Crippen LogP contribution in [0.25, 0.3) is 9.88 Å². The summed E-state index contributed by atoms with van der Waals surface area (Å²) in [5.41, 5.74) is 2.21. The molecule has 0 radical (unpaired) electrons. The first kappa shape index (κ1) is 29.7. The number of hydrogen-bond donors (Lipinski definition) is 3. The van der Waals surface area contributed by atoms with Crippen LogP contribution in [-0.4, -0.2) is 48.0 Å². The van der Waals surface area contributed by atoms with Crippen LogP contribution in [0.1, 0.15) is 22.9 Å². The number of thiazole rings is 1. The minimum atomic E-state index is -4.43. The predicted octanol–water partition coefficient (Wildman–Crippen LogP) is 4.65. The van der Waals surface area contributed by atoms with Crippen LogP contribution < -0.4 is 10.0 Å². The van der Waals surface area contributed by atoms with Gasteiger partial charge in [-0.25, -0.2) is 14.7 Å². The first-order chi connectivity index (χ1) is 19.7. The maximum absolute atomic E-state index is 13.8. The molecule has 0 aliphatic rings. The van der Waals surface area contributed by atoms with Crippen molar-refractivity contribution in [3.05, 3.63) is 94.3 Å². The van der Waals surface area contributed by atoms with Gasteiger partial charge in [-0.2, -0.15) is 13.7 Å². The van der Waals surface area contributed by atoms with E-state index in [1.54, 1.807) is 42.6 Å². The quantitative estimate of drug-likeness (QED) is 0.125. The van der Waals surface area contributed by atoms with Crippen LogP contribution in [0.2, 0.25) is 0 Å². The fourth-order valence-corrected chi connectivity index (χ4v) is 6.15. The topological polar surface area (TPSA) is 162 Å². The Morgan fingerprint density at radius 3 is 2.37 bits per heavy atom. The molecule has 2 aromatic heterocycles. The van der Waals surface area contributed by atoms with E-state index in [2.05, 4.69) is 5.32 Å². The molecule has 0 aliphatic carbocycles. The smallest absolute Gasteiger partial charge is 0.423 e. The monoisotopic (exact) mass is 611 g/mol. The Balaban J connectivity index is 1.65. The van der Waals surface area contributed by atoms with Gasteiger partial charge in [0, 0.05) is 11.8 Å². The number of carbonyl (C=O) groups excluding carboxylic acids is 2. The number of aromatic nitrogens is 1. The number of benzene rings is 2. The lowest BCUT2D eigenvalue weighted by molar-refractivity contribution is -0.125. The third kappa shape index (κ3) is 8.12. The fourth-order valence-electron chi connectivity index (χ4n) is 4.03. The van der Waals surface area contributed by atoms with Gasteiger partial charge in [0.1, 0.15) is 11.0 Å². The number of hydrogen-bond acceptors (Lipinski definition) is 9. The van der Waals surface area contributed by atoms with Crippen molar-refractivity contribution in [3.63, 3.8) is 0 Å². The second kappa shape index (κ2) is 13.4. The van der Waals surface area contributed by atoms with Crippen molar-refractivity contribution in [1.29, 1.82) is 5.26 Å². The number of amides is 2. The van der Waals surface area contributed by atoms with Crippen molar-refractivity contribution >= 4 is 50.7 Å². The largest absolute Gasteiger partial charge is 0.452 e. The molecule has 41 heavy (non-hydrogen) atoms. The molecule has 0 fully saturated rings. The number of carbonyl (C=O) groups is 2. The van der Waals surface area contributed by atoms with E-state index in [-0.39, 0.29) is 18.5 Å². The molecule has 0 aliphatic heterocycles. The van der Waals surface area contributed by atoms with Crippen LogP contribution in [0, 0.1) is 11.5 Å². The number of nitriles is 1. The highest BCUT2D eigenvalue weighted by atomic mass is 32.2. The number of nitrogens with zero attached hydrogens (tertiary/aromatic N) is 3. The van der Waals surface area contributed by atoms with Crippen LogP contribution in [0.15, 0.2) is 77.5 Å². The van der Waals surface area contributed by atoms with E-state index in [0.717, 1.165) is 28.1 Å². The minimum Gasteiger partial charge on any atom is -0.452 e. The van der Waals surface area contributed by atoms with Gasteiger partial charge in [-0.1, -0.05) is 48.5 Å². The molecule has 0 spiro atoms. The Morgan fingerprint density at radius 2 is 1.76 bits per heavy atom. The molecule has 14 heteroatoms. The lowest BCUT2D eigenvalue weighted by Gasteiger charge is -2.26. The summed E-state index contributed by atoms with van der Waals surface area (Å²) in [5.74, 6) is -0.582. The summed E-state index contributed by atoms with van der Waals surface area (Å²) in [6, 6.07) is 17.3. The fraction of sp³-hybridized carbons (Fsp3) is 0.185. The average Bonchev–Trinajstić information content (AvgIpc) is 3.66. The molecule has 3 N–H and O–H groups in total. The minimum absolute atomic E-state index is 0.0650. The third-order valence-corrected chi connectivity index (χ3v) is 8.33. The summed E-state index contributed by atoms with van der Waals surface area (Å²) in [4.78, 5) is 32.6. The van der Waals surface area contributed by atoms with E-state index in [1.807, 2.05) is 33.7 Å². The third-order valence-electron chi connectivity index (χ3n) is 5.93. The molecular weight excluding hydrogens is 587 g/mol. The van der Waals surface area contributed by atoms with E-state index >= 15 is 0 Å². The number of thiophene rings is 1. The summed E-state index contributed by atoms with van der Waals surface area (Å²) in [6.45, 7) is 0. The maximum Gasteiger partial charge on any atom is 0.423 e. The SMILES string of the molecule is COC(=O)N(C#N)[C@@H](Cc1ccccc1)C(=O)NC(Cc1ccc(NS(=O)(=O)O)cc1)c1csc(-c2cccs2)n1. The van der Waals surface area contributed by atoms with Crippen molar-refractivity contribution in [3.8, 4) is 16.1 Å². The molecule has 2 amide bonds. The van der Waals surface area contributed by atoms with Gasteiger partial charge in [0.2, 0.25) is 5.91 Å². The lowest BCUT2D eigenvalue weighted by atomic mass is 10.0. The summed E-state index contributed by atoms with van der Waals surface area (Å²) < 4.78 is 38.1. The molecule has 212 valence electrons. The van der Waals surface area contributed by atoms with Gasteiger partial charge >= 0.3 is 16.4 Å². The molecule has 0 saturated carbocycles. The summed E-state index contributed by atoms with van der Waals surface area (Å²) in [5, 5.41) is 17.3. The van der Waals surface area contributed by atoms with Gasteiger partial charge in [-0.05, 0) is 41.1 Å². The highest BCUT2D eigenvalue weighted by Crippen LogP contribution is 2.31. The number of ether oxygens (including phenoxy) is 1. The van der Waals surface area contributed by atoms with Crippen molar-refractivity contribution in [1.82, 2.24) is 15.2 Å². The van der Waals surface area contributed by atoms with Crippen LogP contribution in [0.4, 0.5) is 10.5 Å². The standard InChI is InChI=1S/C27H25N5O6S3/c1-38-27(34)32(17-28)23(15-18-6-3-2-4-7-18)25(33)29-21(22-16-40-26(30-22)24-8-5-13-39-24)14-19-9-11-20(12-10-19)31-41(35,36)37/h2-13,16,21,23,31H,14-15H2,1H3,(H,29,33)(H,35,36,37)/t21?,23-/m0/s1. The van der Waals surface area contributed by atoms with E-state index in [9.17, 15) is 23.3 Å². The van der Waals surface area contributed by atoms with Gasteiger partial charge in [0.05, 0.1) is 29.4 Å². The van der Waals surface area contributed by atoms with Gasteiger partial charge in [0.25, 0.3) is 0 Å². The zero-order chi connectivity index (χ0) is 29.4. The molecule has 2 heterocycles. The van der Waals surface area contributed by atoms with Crippen molar-refractivity contribution < 1.29 is 27.3 Å². The Hall–Kier alpha value is -4.29. The Bertz CT molecular complexity index is 1620. The second-order valence-electron chi connectivity index (χ2n) is 8.74. The van der Waals surface area contributed by atoms with Crippen LogP contribution in [0.3, 0.4) is 0 Å². The highest BCUT2D eigenvalue weighted by molar-refractivity contribution is 7.87. The highest BCUT2D eigenvalue weighted by Gasteiger charge is 2.33. The average molecular weight is 612 g/mol. The zero-order valence-corrected chi connectivity index (χ0v) is 24.1. The molecule has 0 bridgehead atoms. The van der Waals surface area contributed by atoms with Gasteiger partial charge in [0.15, 0.2) is 6.19 Å². The lowest BCUT2D eigenvalue weighted by Crippen LogP contribution is -2.49. The van der Waals surface area contributed by atoms with E-state index in [0.29, 0.717) is 10.6 Å². The number of anilines is 1. The van der Waals surface area contributed by atoms with Crippen LogP contribution in [-0.2, 0) is 32.7 Å². The van der Waals surface area contributed by atoms with Crippen LogP contribution in [0.5, 0.6) is 0 Å². The second-order valence-corrected chi connectivity index (χ2v) is 11.7. The van der Waals surface area contributed by atoms with E-state index in [4.69, 9.17) is 14.3 Å². The normalized spacial score (nSPS) is 12.5. The summed E-state index contributed by atoms with van der Waals surface area (Å²) in [7, 11) is -3.30. The molecule has 1 unspecified atom stereocenters. The van der Waals surface area contributed by atoms with E-state index in [1.165, 1.54) is 34.8 Å².